The lowest BCUT2D eigenvalue weighted by Gasteiger charge is -2.27. The van der Waals surface area contributed by atoms with Crippen LogP contribution < -0.4 is 4.90 Å². The highest BCUT2D eigenvalue weighted by molar-refractivity contribution is 9.10. The third kappa shape index (κ3) is 2.71. The van der Waals surface area contributed by atoms with Gasteiger partial charge in [-0.2, -0.15) is 0 Å². The molecule has 2 fully saturated rings. The molecule has 2 aliphatic carbocycles. The molecule has 1 saturated heterocycles. The van der Waals surface area contributed by atoms with Crippen molar-refractivity contribution in [2.75, 3.05) is 4.90 Å². The Morgan fingerprint density at radius 3 is 1.55 bits per heavy atom. The molecule has 3 aromatic carbocycles. The van der Waals surface area contributed by atoms with E-state index in [4.69, 9.17) is 0 Å². The van der Waals surface area contributed by atoms with Gasteiger partial charge in [0.1, 0.15) is 0 Å². The number of nitrogens with zero attached hydrogens (tertiary/aromatic N) is 1. The summed E-state index contributed by atoms with van der Waals surface area (Å²) in [5.41, 5.74) is 5.48. The van der Waals surface area contributed by atoms with E-state index in [1.54, 1.807) is 0 Å². The molecule has 2 amide bonds. The molecule has 152 valence electrons. The number of hydrogen-bond donors (Lipinski definition) is 0. The fourth-order valence-corrected chi connectivity index (χ4v) is 6.20. The Bertz CT molecular complexity index is 1140. The zero-order chi connectivity index (χ0) is 21.1. The highest BCUT2D eigenvalue weighted by Gasteiger charge is 2.64. The van der Waals surface area contributed by atoms with Crippen molar-refractivity contribution >= 4 is 44.6 Å². The predicted octanol–water partition coefficient (Wildman–Crippen LogP) is 5.82. The zero-order valence-corrected chi connectivity index (χ0v) is 18.3. The lowest BCUT2D eigenvalue weighted by molar-refractivity contribution is -0.123. The van der Waals surface area contributed by atoms with Crippen molar-refractivity contribution in [3.8, 4) is 0 Å². The topological polar surface area (TPSA) is 37.4 Å². The average Bonchev–Trinajstić information content (AvgIpc) is 3.45. The number of benzene rings is 3. The number of carbonyl (C=O) groups excluding carboxylic acids is 2. The molecule has 6 rings (SSSR count). The minimum absolute atomic E-state index is 0.0506. The molecule has 31 heavy (non-hydrogen) atoms. The molecule has 0 unspecified atom stereocenters. The first kappa shape index (κ1) is 18.8. The molecule has 0 aromatic heterocycles. The largest absolute Gasteiger partial charge is 0.274 e. The van der Waals surface area contributed by atoms with E-state index in [1.807, 2.05) is 60.7 Å². The van der Waals surface area contributed by atoms with Crippen LogP contribution in [0.2, 0.25) is 0 Å². The van der Waals surface area contributed by atoms with Crippen LogP contribution in [-0.2, 0) is 9.59 Å². The molecule has 3 aromatic rings. The van der Waals surface area contributed by atoms with E-state index in [9.17, 15) is 9.59 Å². The normalized spacial score (nSPS) is 26.7. The Labute approximate surface area is 189 Å². The van der Waals surface area contributed by atoms with Gasteiger partial charge in [0.25, 0.3) is 0 Å². The summed E-state index contributed by atoms with van der Waals surface area (Å²) >= 11 is 3.43. The number of halogens is 1. The van der Waals surface area contributed by atoms with Crippen molar-refractivity contribution in [1.82, 2.24) is 0 Å². The van der Waals surface area contributed by atoms with Crippen LogP contribution in [0.1, 0.15) is 17.5 Å². The minimum Gasteiger partial charge on any atom is -0.274 e. The van der Waals surface area contributed by atoms with Gasteiger partial charge in [-0.1, -0.05) is 76.6 Å². The van der Waals surface area contributed by atoms with Gasteiger partial charge in [0.05, 0.1) is 17.5 Å². The number of amides is 2. The van der Waals surface area contributed by atoms with Gasteiger partial charge < -0.3 is 0 Å². The molecular weight excluding hydrogens is 450 g/mol. The fraction of sp³-hybridized carbons (Fsp3) is 0.185. The summed E-state index contributed by atoms with van der Waals surface area (Å²) in [5, 5.41) is 0. The van der Waals surface area contributed by atoms with E-state index in [-0.39, 0.29) is 35.5 Å². The van der Waals surface area contributed by atoms with Gasteiger partial charge in [-0.15, -0.1) is 0 Å². The van der Waals surface area contributed by atoms with Gasteiger partial charge in [0.2, 0.25) is 11.8 Å². The van der Waals surface area contributed by atoms with Gasteiger partial charge in [-0.05, 0) is 64.8 Å². The van der Waals surface area contributed by atoms with E-state index >= 15 is 0 Å². The maximum atomic E-state index is 13.6. The number of hydrogen-bond acceptors (Lipinski definition) is 2. The quantitative estimate of drug-likeness (QED) is 0.453. The van der Waals surface area contributed by atoms with Crippen molar-refractivity contribution < 1.29 is 9.59 Å². The number of anilines is 1. The highest BCUT2D eigenvalue weighted by Crippen LogP contribution is 2.63. The standard InChI is InChI=1S/C27H20BrNO2/c28-18-11-13-19(14-12-18)29-26(30)24-20-15-21(25(24)27(29)31)23(17-9-5-2-6-10-17)22(20)16-7-3-1-4-8-16/h1-14,20-21,24-25H,15H2/t20-,21-,24-,25+/m0/s1. The van der Waals surface area contributed by atoms with Crippen LogP contribution in [0.3, 0.4) is 0 Å². The van der Waals surface area contributed by atoms with Gasteiger partial charge in [-0.25, -0.2) is 0 Å². The molecular formula is C27H20BrNO2. The van der Waals surface area contributed by atoms with Crippen LogP contribution in [-0.4, -0.2) is 11.8 Å². The SMILES string of the molecule is O=C1[C@@H]2[C@H](C(=O)N1c1ccc(Br)cc1)[C@H]1C[C@H]2C(c2ccccc2)=C1c1ccccc1. The third-order valence-corrected chi connectivity index (χ3v) is 7.59. The van der Waals surface area contributed by atoms with Crippen molar-refractivity contribution in [3.05, 3.63) is 101 Å². The maximum Gasteiger partial charge on any atom is 0.238 e. The molecule has 3 nitrogen and oxygen atoms in total. The lowest BCUT2D eigenvalue weighted by atomic mass is 9.73. The van der Waals surface area contributed by atoms with Crippen molar-refractivity contribution in [1.29, 1.82) is 0 Å². The molecule has 4 heteroatoms. The summed E-state index contributed by atoms with van der Waals surface area (Å²) in [6, 6.07) is 28.2. The Hall–Kier alpha value is -2.98. The van der Waals surface area contributed by atoms with Crippen LogP contribution in [0.15, 0.2) is 89.4 Å². The van der Waals surface area contributed by atoms with E-state index in [1.165, 1.54) is 16.0 Å². The molecule has 2 bridgehead atoms. The van der Waals surface area contributed by atoms with Crippen LogP contribution in [0, 0.1) is 23.7 Å². The second-order valence-corrected chi connectivity index (χ2v) is 9.46. The molecule has 0 spiro atoms. The van der Waals surface area contributed by atoms with Crippen LogP contribution in [0.25, 0.3) is 11.1 Å². The number of allylic oxidation sites excluding steroid dienone is 2. The van der Waals surface area contributed by atoms with Gasteiger partial charge >= 0.3 is 0 Å². The van der Waals surface area contributed by atoms with E-state index in [0.717, 1.165) is 22.0 Å². The molecule has 0 N–H and O–H groups in total. The van der Waals surface area contributed by atoms with Gasteiger partial charge in [-0.3, -0.25) is 14.5 Å². The Morgan fingerprint density at radius 1 is 0.645 bits per heavy atom. The molecule has 1 aliphatic heterocycles. The Balaban J connectivity index is 1.49. The summed E-state index contributed by atoms with van der Waals surface area (Å²) in [6.45, 7) is 0. The summed E-state index contributed by atoms with van der Waals surface area (Å²) in [6.07, 6.45) is 0.870. The molecule has 1 heterocycles. The van der Waals surface area contributed by atoms with Crippen LogP contribution in [0.5, 0.6) is 0 Å². The summed E-state index contributed by atoms with van der Waals surface area (Å²) in [5.74, 6) is -0.502. The summed E-state index contributed by atoms with van der Waals surface area (Å²) < 4.78 is 0.926. The second-order valence-electron chi connectivity index (χ2n) is 8.55. The summed E-state index contributed by atoms with van der Waals surface area (Å²) in [7, 11) is 0. The molecule has 0 radical (unpaired) electrons. The first-order valence-corrected chi connectivity index (χ1v) is 11.4. The molecule has 3 aliphatic rings. The minimum atomic E-state index is -0.274. The monoisotopic (exact) mass is 469 g/mol. The van der Waals surface area contributed by atoms with Crippen LogP contribution >= 0.6 is 15.9 Å². The van der Waals surface area contributed by atoms with Crippen molar-refractivity contribution in [2.45, 2.75) is 6.42 Å². The van der Waals surface area contributed by atoms with Gasteiger partial charge in [0, 0.05) is 4.47 Å². The average molecular weight is 470 g/mol. The lowest BCUT2D eigenvalue weighted by Crippen LogP contribution is -2.32. The van der Waals surface area contributed by atoms with Gasteiger partial charge in [0.15, 0.2) is 0 Å². The van der Waals surface area contributed by atoms with Crippen molar-refractivity contribution in [2.24, 2.45) is 23.7 Å². The smallest absolute Gasteiger partial charge is 0.238 e. The van der Waals surface area contributed by atoms with E-state index in [2.05, 4.69) is 40.2 Å². The zero-order valence-electron chi connectivity index (χ0n) is 16.7. The fourth-order valence-electron chi connectivity index (χ4n) is 5.94. The first-order chi connectivity index (χ1) is 15.1. The first-order valence-electron chi connectivity index (χ1n) is 10.6. The summed E-state index contributed by atoms with van der Waals surface area (Å²) in [4.78, 5) is 28.6. The Morgan fingerprint density at radius 2 is 1.10 bits per heavy atom. The number of rotatable bonds is 3. The number of carbonyl (C=O) groups is 2. The second kappa shape index (κ2) is 7.03. The van der Waals surface area contributed by atoms with E-state index < -0.39 is 0 Å². The van der Waals surface area contributed by atoms with E-state index in [0.29, 0.717) is 5.69 Å². The Kier molecular flexibility index (Phi) is 4.25. The van der Waals surface area contributed by atoms with Crippen molar-refractivity contribution in [3.63, 3.8) is 0 Å². The number of imide groups is 1. The molecule has 1 saturated carbocycles. The third-order valence-electron chi connectivity index (χ3n) is 7.06. The maximum absolute atomic E-state index is 13.6. The highest BCUT2D eigenvalue weighted by atomic mass is 79.9. The van der Waals surface area contributed by atoms with Crippen LogP contribution in [0.4, 0.5) is 5.69 Å². The predicted molar refractivity (Wildman–Crippen MR) is 125 cm³/mol. The number of fused-ring (bicyclic) bond motifs is 5. The molecule has 4 atom stereocenters.